The van der Waals surface area contributed by atoms with Crippen LogP contribution < -0.4 is 10.1 Å². The molecule has 0 unspecified atom stereocenters. The Hall–Kier alpha value is -3.60. The summed E-state index contributed by atoms with van der Waals surface area (Å²) >= 11 is 0. The predicted octanol–water partition coefficient (Wildman–Crippen LogP) is 5.53. The summed E-state index contributed by atoms with van der Waals surface area (Å²) in [5.74, 6) is 2.41. The molecule has 0 saturated carbocycles. The summed E-state index contributed by atoms with van der Waals surface area (Å²) in [6.07, 6.45) is 1.92. The Morgan fingerprint density at radius 3 is 2.44 bits per heavy atom. The van der Waals surface area contributed by atoms with Gasteiger partial charge in [-0.1, -0.05) is 68.4 Å². The number of ether oxygens (including phenoxy) is 1. The maximum atomic E-state index is 12.3. The van der Waals surface area contributed by atoms with Crippen LogP contribution in [0.25, 0.3) is 11.0 Å². The molecule has 0 fully saturated rings. The maximum absolute atomic E-state index is 12.3. The number of rotatable bonds is 11. The molecule has 0 aliphatic rings. The van der Waals surface area contributed by atoms with Crippen molar-refractivity contribution in [2.75, 3.05) is 13.2 Å². The van der Waals surface area contributed by atoms with E-state index >= 15 is 0 Å². The molecule has 1 amide bonds. The third-order valence-electron chi connectivity index (χ3n) is 6.02. The molecule has 0 spiro atoms. The van der Waals surface area contributed by atoms with Gasteiger partial charge in [-0.2, -0.15) is 0 Å². The van der Waals surface area contributed by atoms with Crippen LogP contribution in [0.1, 0.15) is 43.1 Å². The number of aryl methyl sites for hydroxylation is 1. The van der Waals surface area contributed by atoms with Crippen molar-refractivity contribution in [3.8, 4) is 5.75 Å². The molecule has 176 valence electrons. The van der Waals surface area contributed by atoms with E-state index in [2.05, 4.69) is 54.1 Å². The Balaban J connectivity index is 1.32. The number of fused-ring (bicyclic) bond motifs is 1. The first-order chi connectivity index (χ1) is 16.6. The summed E-state index contributed by atoms with van der Waals surface area (Å²) in [6, 6.07) is 26.6. The first-order valence-electron chi connectivity index (χ1n) is 12.1. The fourth-order valence-corrected chi connectivity index (χ4v) is 4.07. The highest BCUT2D eigenvalue weighted by atomic mass is 16.5. The van der Waals surface area contributed by atoms with Gasteiger partial charge in [0, 0.05) is 19.4 Å². The molecule has 5 heteroatoms. The van der Waals surface area contributed by atoms with Gasteiger partial charge in [-0.05, 0) is 47.7 Å². The van der Waals surface area contributed by atoms with E-state index in [9.17, 15) is 4.79 Å². The van der Waals surface area contributed by atoms with Crippen molar-refractivity contribution < 1.29 is 9.53 Å². The van der Waals surface area contributed by atoms with Crippen LogP contribution in [0, 0.1) is 0 Å². The second kappa shape index (κ2) is 11.5. The lowest BCUT2D eigenvalue weighted by atomic mass is 10.0. The Labute approximate surface area is 201 Å². The normalized spacial score (nSPS) is 11.1. The fourth-order valence-electron chi connectivity index (χ4n) is 4.07. The molecule has 0 atom stereocenters. The number of nitrogens with zero attached hydrogens (tertiary/aromatic N) is 2. The van der Waals surface area contributed by atoms with Crippen LogP contribution in [0.5, 0.6) is 5.75 Å². The number of para-hydroxylation sites is 2. The van der Waals surface area contributed by atoms with Gasteiger partial charge in [0.25, 0.3) is 0 Å². The lowest BCUT2D eigenvalue weighted by molar-refractivity contribution is -0.121. The summed E-state index contributed by atoms with van der Waals surface area (Å²) in [5, 5.41) is 3.05. The second-order valence-corrected chi connectivity index (χ2v) is 8.83. The van der Waals surface area contributed by atoms with Crippen molar-refractivity contribution in [3.63, 3.8) is 0 Å². The van der Waals surface area contributed by atoms with Crippen LogP contribution in [0.3, 0.4) is 0 Å². The minimum absolute atomic E-state index is 0.0692. The van der Waals surface area contributed by atoms with E-state index < -0.39 is 0 Å². The molecule has 34 heavy (non-hydrogen) atoms. The summed E-state index contributed by atoms with van der Waals surface area (Å²) < 4.78 is 8.22. The van der Waals surface area contributed by atoms with Crippen LogP contribution >= 0.6 is 0 Å². The van der Waals surface area contributed by atoms with Crippen molar-refractivity contribution in [3.05, 3.63) is 95.8 Å². The largest absolute Gasteiger partial charge is 0.492 e. The average Bonchev–Trinajstić information content (AvgIpc) is 3.21. The number of benzene rings is 3. The number of amides is 1. The van der Waals surface area contributed by atoms with Gasteiger partial charge in [-0.25, -0.2) is 4.98 Å². The summed E-state index contributed by atoms with van der Waals surface area (Å²) in [7, 11) is 0. The number of aromatic nitrogens is 2. The van der Waals surface area contributed by atoms with Gasteiger partial charge in [-0.3, -0.25) is 4.79 Å². The van der Waals surface area contributed by atoms with Gasteiger partial charge >= 0.3 is 0 Å². The van der Waals surface area contributed by atoms with Crippen molar-refractivity contribution in [2.24, 2.45) is 0 Å². The third kappa shape index (κ3) is 6.25. The van der Waals surface area contributed by atoms with Crippen LogP contribution in [-0.4, -0.2) is 28.6 Å². The molecular formula is C29H33N3O2. The molecule has 0 aliphatic carbocycles. The van der Waals surface area contributed by atoms with Crippen LogP contribution in [0.2, 0.25) is 0 Å². The maximum Gasteiger partial charge on any atom is 0.220 e. The highest BCUT2D eigenvalue weighted by Gasteiger charge is 2.11. The zero-order valence-corrected chi connectivity index (χ0v) is 20.0. The minimum atomic E-state index is 0.0692. The quantitative estimate of drug-likeness (QED) is 0.323. The first-order valence-corrected chi connectivity index (χ1v) is 12.1. The van der Waals surface area contributed by atoms with E-state index in [0.717, 1.165) is 29.0 Å². The zero-order valence-electron chi connectivity index (χ0n) is 20.0. The number of nitrogens with one attached hydrogen (secondary N) is 1. The molecule has 3 aromatic carbocycles. The number of hydrogen-bond donors (Lipinski definition) is 1. The number of hydrogen-bond acceptors (Lipinski definition) is 3. The molecule has 0 radical (unpaired) electrons. The Morgan fingerprint density at radius 2 is 1.68 bits per heavy atom. The van der Waals surface area contributed by atoms with Crippen LogP contribution in [-0.2, 0) is 24.2 Å². The Morgan fingerprint density at radius 1 is 0.941 bits per heavy atom. The molecular weight excluding hydrogens is 422 g/mol. The standard InChI is InChI=1S/C29H33N3O2/c1-22(2)24-13-15-25(16-14-24)34-21-20-32-27-11-7-6-10-26(27)31-28(32)18-19-30-29(33)17-12-23-8-4-3-5-9-23/h3-11,13-16,22H,12,17-21H2,1-2H3,(H,30,33). The van der Waals surface area contributed by atoms with Gasteiger partial charge in [0.15, 0.2) is 0 Å². The van der Waals surface area contributed by atoms with Crippen molar-refractivity contribution in [1.82, 2.24) is 14.9 Å². The average molecular weight is 456 g/mol. The molecule has 4 rings (SSSR count). The Bertz CT molecular complexity index is 1200. The summed E-state index contributed by atoms with van der Waals surface area (Å²) in [6.45, 7) is 6.19. The monoisotopic (exact) mass is 455 g/mol. The third-order valence-corrected chi connectivity index (χ3v) is 6.02. The van der Waals surface area contributed by atoms with Gasteiger partial charge in [0.05, 0.1) is 17.6 Å². The molecule has 1 N–H and O–H groups in total. The van der Waals surface area contributed by atoms with E-state index in [1.807, 2.05) is 48.5 Å². The number of imidazole rings is 1. The van der Waals surface area contributed by atoms with E-state index in [-0.39, 0.29) is 5.91 Å². The molecule has 0 bridgehead atoms. The highest BCUT2D eigenvalue weighted by Crippen LogP contribution is 2.20. The topological polar surface area (TPSA) is 56.1 Å². The number of carbonyl (C=O) groups is 1. The SMILES string of the molecule is CC(C)c1ccc(OCCn2c(CCNC(=O)CCc3ccccc3)nc3ccccc32)cc1. The fraction of sp³-hybridized carbons (Fsp3) is 0.310. The summed E-state index contributed by atoms with van der Waals surface area (Å²) in [4.78, 5) is 17.1. The Kier molecular flexibility index (Phi) is 7.97. The van der Waals surface area contributed by atoms with Gasteiger partial charge in [0.1, 0.15) is 18.2 Å². The van der Waals surface area contributed by atoms with Crippen LogP contribution in [0.15, 0.2) is 78.9 Å². The van der Waals surface area contributed by atoms with Crippen molar-refractivity contribution in [2.45, 2.75) is 45.6 Å². The van der Waals surface area contributed by atoms with E-state index in [4.69, 9.17) is 9.72 Å². The van der Waals surface area contributed by atoms with Gasteiger partial charge in [-0.15, -0.1) is 0 Å². The smallest absolute Gasteiger partial charge is 0.220 e. The van der Waals surface area contributed by atoms with Crippen molar-refractivity contribution >= 4 is 16.9 Å². The van der Waals surface area contributed by atoms with Gasteiger partial charge in [0.2, 0.25) is 5.91 Å². The number of carbonyl (C=O) groups excluding carboxylic acids is 1. The van der Waals surface area contributed by atoms with Crippen LogP contribution in [0.4, 0.5) is 0 Å². The first kappa shape index (κ1) is 23.6. The predicted molar refractivity (Wildman–Crippen MR) is 137 cm³/mol. The molecule has 0 saturated heterocycles. The lowest BCUT2D eigenvalue weighted by Gasteiger charge is -2.12. The van der Waals surface area contributed by atoms with E-state index in [1.165, 1.54) is 11.1 Å². The molecule has 0 aliphatic heterocycles. The molecule has 4 aromatic rings. The lowest BCUT2D eigenvalue weighted by Crippen LogP contribution is -2.27. The van der Waals surface area contributed by atoms with Crippen molar-refractivity contribution in [1.29, 1.82) is 0 Å². The molecule has 5 nitrogen and oxygen atoms in total. The summed E-state index contributed by atoms with van der Waals surface area (Å²) in [5.41, 5.74) is 4.54. The molecule has 1 aromatic heterocycles. The second-order valence-electron chi connectivity index (χ2n) is 8.83. The zero-order chi connectivity index (χ0) is 23.8. The van der Waals surface area contributed by atoms with E-state index in [1.54, 1.807) is 0 Å². The van der Waals surface area contributed by atoms with Gasteiger partial charge < -0.3 is 14.6 Å². The van der Waals surface area contributed by atoms with E-state index in [0.29, 0.717) is 38.5 Å². The highest BCUT2D eigenvalue weighted by molar-refractivity contribution is 5.77. The minimum Gasteiger partial charge on any atom is -0.492 e. The molecule has 1 heterocycles.